The summed E-state index contributed by atoms with van der Waals surface area (Å²) < 4.78 is 0. The number of aliphatic hydroxyl groups is 1. The lowest BCUT2D eigenvalue weighted by molar-refractivity contribution is 0.0569. The summed E-state index contributed by atoms with van der Waals surface area (Å²) in [4.78, 5) is 22.8. The number of β-amino-alcohol motifs (C(OH)–C–C–N with tert-alkyl or cyclic N) is 1. The molecule has 1 aliphatic heterocycles. The molecule has 0 bridgehead atoms. The lowest BCUT2D eigenvalue weighted by Gasteiger charge is -2.20. The van der Waals surface area contributed by atoms with Gasteiger partial charge in [-0.2, -0.15) is 0 Å². The smallest absolute Gasteiger partial charge is 0.258 e. The number of hydrogen-bond acceptors (Lipinski definition) is 5. The number of rotatable bonds is 2. The van der Waals surface area contributed by atoms with Crippen molar-refractivity contribution < 1.29 is 9.90 Å². The highest BCUT2D eigenvalue weighted by Crippen LogP contribution is 2.26. The Morgan fingerprint density at radius 3 is 2.63 bits per heavy atom. The van der Waals surface area contributed by atoms with Crippen molar-refractivity contribution in [3.63, 3.8) is 0 Å². The summed E-state index contributed by atoms with van der Waals surface area (Å²) >= 11 is 1.45. The zero-order valence-corrected chi connectivity index (χ0v) is 12.5. The molecule has 1 aromatic rings. The molecular formula is C13H19N3O2S. The molecule has 1 aliphatic rings. The molecule has 104 valence electrons. The highest BCUT2D eigenvalue weighted by molar-refractivity contribution is 7.98. The second-order valence-corrected chi connectivity index (χ2v) is 6.01. The van der Waals surface area contributed by atoms with E-state index in [0.717, 1.165) is 0 Å². The van der Waals surface area contributed by atoms with Crippen LogP contribution in [0.25, 0.3) is 0 Å². The van der Waals surface area contributed by atoms with Crippen molar-refractivity contribution >= 4 is 17.7 Å². The Balaban J connectivity index is 2.34. The first-order chi connectivity index (χ1) is 8.84. The van der Waals surface area contributed by atoms with Crippen LogP contribution in [-0.2, 0) is 0 Å². The molecule has 1 unspecified atom stereocenters. The minimum absolute atomic E-state index is 0.0837. The maximum absolute atomic E-state index is 12.6. The van der Waals surface area contributed by atoms with Crippen LogP contribution in [0.1, 0.15) is 35.2 Å². The summed E-state index contributed by atoms with van der Waals surface area (Å²) in [7, 11) is 0. The fourth-order valence-electron chi connectivity index (χ4n) is 2.35. The van der Waals surface area contributed by atoms with Crippen molar-refractivity contribution in [3.05, 3.63) is 17.1 Å². The van der Waals surface area contributed by atoms with Crippen LogP contribution in [0, 0.1) is 13.8 Å². The molecule has 1 amide bonds. The van der Waals surface area contributed by atoms with E-state index in [9.17, 15) is 9.90 Å². The molecule has 5 nitrogen and oxygen atoms in total. The quantitative estimate of drug-likeness (QED) is 0.656. The molecule has 2 heterocycles. The van der Waals surface area contributed by atoms with Crippen molar-refractivity contribution in [2.75, 3.05) is 19.3 Å². The van der Waals surface area contributed by atoms with Crippen molar-refractivity contribution in [2.24, 2.45) is 0 Å². The molecule has 0 spiro atoms. The van der Waals surface area contributed by atoms with Gasteiger partial charge in [-0.25, -0.2) is 9.97 Å². The summed E-state index contributed by atoms with van der Waals surface area (Å²) in [6, 6.07) is 0. The van der Waals surface area contributed by atoms with Crippen LogP contribution in [0.4, 0.5) is 0 Å². The third-order valence-corrected chi connectivity index (χ3v) is 4.00. The van der Waals surface area contributed by atoms with Gasteiger partial charge in [-0.15, -0.1) is 11.8 Å². The van der Waals surface area contributed by atoms with Crippen LogP contribution < -0.4 is 0 Å². The fraction of sp³-hybridized carbons (Fsp3) is 0.615. The highest BCUT2D eigenvalue weighted by Gasteiger charge is 2.35. The van der Waals surface area contributed by atoms with Gasteiger partial charge >= 0.3 is 0 Å². The third-order valence-electron chi connectivity index (χ3n) is 3.31. The van der Waals surface area contributed by atoms with E-state index in [1.165, 1.54) is 11.8 Å². The number of carbonyl (C=O) groups is 1. The van der Waals surface area contributed by atoms with Crippen LogP contribution in [0.2, 0.25) is 0 Å². The van der Waals surface area contributed by atoms with Gasteiger partial charge in [-0.3, -0.25) is 4.79 Å². The highest BCUT2D eigenvalue weighted by atomic mass is 32.2. The van der Waals surface area contributed by atoms with Crippen LogP contribution in [0.15, 0.2) is 5.03 Å². The van der Waals surface area contributed by atoms with Crippen molar-refractivity contribution in [1.29, 1.82) is 0 Å². The van der Waals surface area contributed by atoms with Gasteiger partial charge in [-0.1, -0.05) is 0 Å². The molecule has 1 saturated heterocycles. The Morgan fingerprint density at radius 2 is 2.11 bits per heavy atom. The minimum atomic E-state index is -0.783. The summed E-state index contributed by atoms with van der Waals surface area (Å²) in [5.41, 5.74) is 0.485. The van der Waals surface area contributed by atoms with Crippen molar-refractivity contribution in [1.82, 2.24) is 14.9 Å². The average Bonchev–Trinajstić information content (AvgIpc) is 2.68. The van der Waals surface area contributed by atoms with E-state index < -0.39 is 5.60 Å². The predicted octanol–water partition coefficient (Wildman–Crippen LogP) is 1.41. The van der Waals surface area contributed by atoms with E-state index >= 15 is 0 Å². The lowest BCUT2D eigenvalue weighted by Crippen LogP contribution is -2.34. The molecular weight excluding hydrogens is 262 g/mol. The van der Waals surface area contributed by atoms with Crippen molar-refractivity contribution in [2.45, 2.75) is 37.8 Å². The van der Waals surface area contributed by atoms with E-state index in [-0.39, 0.29) is 5.91 Å². The van der Waals surface area contributed by atoms with Gasteiger partial charge in [-0.05, 0) is 33.4 Å². The molecule has 0 aromatic carbocycles. The maximum Gasteiger partial charge on any atom is 0.258 e. The summed E-state index contributed by atoms with van der Waals surface area (Å²) in [5.74, 6) is 0.589. The van der Waals surface area contributed by atoms with Gasteiger partial charge in [0.15, 0.2) is 0 Å². The van der Waals surface area contributed by atoms with E-state index in [4.69, 9.17) is 0 Å². The maximum atomic E-state index is 12.6. The first kappa shape index (κ1) is 14.3. The summed E-state index contributed by atoms with van der Waals surface area (Å²) in [5, 5.41) is 10.7. The van der Waals surface area contributed by atoms with E-state index in [1.807, 2.05) is 20.1 Å². The molecule has 2 rings (SSSR count). The number of amides is 1. The number of carbonyl (C=O) groups excluding carboxylic acids is 1. The van der Waals surface area contributed by atoms with Crippen LogP contribution in [0.3, 0.4) is 0 Å². The molecule has 1 N–H and O–H groups in total. The van der Waals surface area contributed by atoms with Crippen LogP contribution >= 0.6 is 11.8 Å². The zero-order chi connectivity index (χ0) is 14.2. The molecule has 0 saturated carbocycles. The molecule has 1 atom stereocenters. The van der Waals surface area contributed by atoms with E-state index in [0.29, 0.717) is 41.6 Å². The number of thioether (sulfide) groups is 1. The Morgan fingerprint density at radius 1 is 1.42 bits per heavy atom. The number of nitrogens with zero attached hydrogens (tertiary/aromatic N) is 3. The van der Waals surface area contributed by atoms with E-state index in [2.05, 4.69) is 9.97 Å². The predicted molar refractivity (Wildman–Crippen MR) is 74.4 cm³/mol. The van der Waals surface area contributed by atoms with Crippen molar-refractivity contribution in [3.8, 4) is 0 Å². The number of hydrogen-bond donors (Lipinski definition) is 1. The third kappa shape index (κ3) is 2.90. The normalized spacial score (nSPS) is 22.9. The lowest BCUT2D eigenvalue weighted by atomic mass is 10.1. The molecule has 0 radical (unpaired) electrons. The Kier molecular flexibility index (Phi) is 3.82. The largest absolute Gasteiger partial charge is 0.388 e. The second kappa shape index (κ2) is 5.09. The Hall–Kier alpha value is -1.14. The monoisotopic (exact) mass is 281 g/mol. The first-order valence-electron chi connectivity index (χ1n) is 6.25. The van der Waals surface area contributed by atoms with Gasteiger partial charge in [0.25, 0.3) is 5.91 Å². The number of aryl methyl sites for hydroxylation is 2. The average molecular weight is 281 g/mol. The fourth-order valence-corrected chi connectivity index (χ4v) is 3.01. The first-order valence-corrected chi connectivity index (χ1v) is 7.47. The second-order valence-electron chi connectivity index (χ2n) is 5.21. The molecule has 6 heteroatoms. The van der Waals surface area contributed by atoms with Crippen LogP contribution in [0.5, 0.6) is 0 Å². The zero-order valence-electron chi connectivity index (χ0n) is 11.7. The van der Waals surface area contributed by atoms with E-state index in [1.54, 1.807) is 11.8 Å². The Bertz CT molecular complexity index is 517. The topological polar surface area (TPSA) is 66.3 Å². The summed E-state index contributed by atoms with van der Waals surface area (Å²) in [6.07, 6.45) is 2.51. The number of likely N-dealkylation sites (tertiary alicyclic amines) is 1. The Labute approximate surface area is 117 Å². The molecule has 19 heavy (non-hydrogen) atoms. The van der Waals surface area contributed by atoms with Gasteiger partial charge in [0, 0.05) is 13.1 Å². The number of aromatic nitrogens is 2. The minimum Gasteiger partial charge on any atom is -0.388 e. The standard InChI is InChI=1S/C13H19N3O2S/c1-8-10(11(19-4)15-9(2)14-8)12(17)16-6-5-13(3,18)7-16/h18H,5-7H2,1-4H3. The van der Waals surface area contributed by atoms with Gasteiger partial charge in [0.1, 0.15) is 10.9 Å². The SMILES string of the molecule is CSc1nc(C)nc(C)c1C(=O)N1CCC(C)(O)C1. The molecule has 1 fully saturated rings. The van der Waals surface area contributed by atoms with Gasteiger partial charge in [0.05, 0.1) is 16.9 Å². The van der Waals surface area contributed by atoms with Crippen LogP contribution in [-0.4, -0.2) is 50.8 Å². The molecule has 1 aromatic heterocycles. The van der Waals surface area contributed by atoms with Gasteiger partial charge < -0.3 is 10.0 Å². The van der Waals surface area contributed by atoms with Gasteiger partial charge in [0.2, 0.25) is 0 Å². The summed E-state index contributed by atoms with van der Waals surface area (Å²) in [6.45, 7) is 6.35. The molecule has 0 aliphatic carbocycles.